The van der Waals surface area contributed by atoms with Gasteiger partial charge in [0.2, 0.25) is 5.91 Å². The second kappa shape index (κ2) is 7.72. The van der Waals surface area contributed by atoms with Crippen molar-refractivity contribution in [3.8, 4) is 0 Å². The number of amides is 1. The Bertz CT molecular complexity index is 615. The van der Waals surface area contributed by atoms with E-state index in [2.05, 4.69) is 15.2 Å². The standard InChI is InChI=1S/C16H20ClN3OS/c1-11(14-6-7-15(17)22-14)16(21)19-10-13(20(2)3)12-5-4-8-18-9-12/h4-9,11,13H,10H2,1-3H3,(H,19,21)/t11-,13-/m0/s1. The number of nitrogens with one attached hydrogen (secondary N) is 1. The highest BCUT2D eigenvalue weighted by molar-refractivity contribution is 7.16. The molecule has 1 amide bonds. The molecule has 2 heterocycles. The largest absolute Gasteiger partial charge is 0.354 e. The first-order chi connectivity index (χ1) is 10.5. The van der Waals surface area contributed by atoms with Crippen LogP contribution in [-0.2, 0) is 4.79 Å². The molecule has 0 aromatic carbocycles. The van der Waals surface area contributed by atoms with Crippen molar-refractivity contribution in [2.24, 2.45) is 0 Å². The third-order valence-corrected chi connectivity index (χ3v) is 4.99. The molecule has 2 rings (SSSR count). The molecular weight excluding hydrogens is 318 g/mol. The maximum absolute atomic E-state index is 12.3. The lowest BCUT2D eigenvalue weighted by molar-refractivity contribution is -0.122. The van der Waals surface area contributed by atoms with Crippen molar-refractivity contribution >= 4 is 28.8 Å². The monoisotopic (exact) mass is 337 g/mol. The second-order valence-electron chi connectivity index (χ2n) is 5.37. The minimum absolute atomic E-state index is 0.00857. The van der Waals surface area contributed by atoms with Gasteiger partial charge in [0.15, 0.2) is 0 Å². The third kappa shape index (κ3) is 4.29. The molecule has 0 aliphatic rings. The summed E-state index contributed by atoms with van der Waals surface area (Å²) in [6.07, 6.45) is 3.58. The molecule has 0 radical (unpaired) electrons. The Morgan fingerprint density at radius 1 is 1.41 bits per heavy atom. The van der Waals surface area contributed by atoms with E-state index in [9.17, 15) is 4.79 Å². The van der Waals surface area contributed by atoms with Crippen LogP contribution in [0.3, 0.4) is 0 Å². The zero-order chi connectivity index (χ0) is 16.1. The van der Waals surface area contributed by atoms with Crippen molar-refractivity contribution in [2.45, 2.75) is 18.9 Å². The Morgan fingerprint density at radius 3 is 2.73 bits per heavy atom. The van der Waals surface area contributed by atoms with Gasteiger partial charge in [-0.2, -0.15) is 0 Å². The molecule has 0 fully saturated rings. The topological polar surface area (TPSA) is 45.2 Å². The Morgan fingerprint density at radius 2 is 2.18 bits per heavy atom. The number of carbonyl (C=O) groups excluding carboxylic acids is 1. The molecule has 0 aliphatic heterocycles. The molecule has 0 unspecified atom stereocenters. The smallest absolute Gasteiger partial charge is 0.228 e. The molecule has 0 saturated heterocycles. The second-order valence-corrected chi connectivity index (χ2v) is 7.12. The van der Waals surface area contributed by atoms with Crippen LogP contribution in [0.1, 0.15) is 29.3 Å². The molecule has 2 aromatic heterocycles. The Hall–Kier alpha value is -1.43. The van der Waals surface area contributed by atoms with E-state index >= 15 is 0 Å². The van der Waals surface area contributed by atoms with Crippen molar-refractivity contribution in [1.82, 2.24) is 15.2 Å². The first-order valence-electron chi connectivity index (χ1n) is 7.08. The highest BCUT2D eigenvalue weighted by atomic mass is 35.5. The van der Waals surface area contributed by atoms with Crippen molar-refractivity contribution in [3.05, 3.63) is 51.4 Å². The van der Waals surface area contributed by atoms with Gasteiger partial charge in [-0.1, -0.05) is 17.7 Å². The lowest BCUT2D eigenvalue weighted by Gasteiger charge is -2.25. The fourth-order valence-corrected chi connectivity index (χ4v) is 3.32. The summed E-state index contributed by atoms with van der Waals surface area (Å²) in [7, 11) is 3.98. The number of rotatable bonds is 6. The lowest BCUT2D eigenvalue weighted by Crippen LogP contribution is -2.36. The van der Waals surface area contributed by atoms with Gasteiger partial charge in [0.25, 0.3) is 0 Å². The Kier molecular flexibility index (Phi) is 5.94. The molecule has 2 atom stereocenters. The average molecular weight is 338 g/mol. The van der Waals surface area contributed by atoms with Crippen LogP contribution in [0.15, 0.2) is 36.7 Å². The molecule has 4 nitrogen and oxygen atoms in total. The van der Waals surface area contributed by atoms with Crippen LogP contribution in [0.5, 0.6) is 0 Å². The van der Waals surface area contributed by atoms with Crippen molar-refractivity contribution in [1.29, 1.82) is 0 Å². The van der Waals surface area contributed by atoms with E-state index in [1.165, 1.54) is 11.3 Å². The van der Waals surface area contributed by atoms with Gasteiger partial charge in [0.1, 0.15) is 0 Å². The minimum atomic E-state index is -0.200. The summed E-state index contributed by atoms with van der Waals surface area (Å²) in [5.41, 5.74) is 1.08. The lowest BCUT2D eigenvalue weighted by atomic mass is 10.1. The molecule has 0 saturated carbocycles. The number of carbonyl (C=O) groups is 1. The number of thiophene rings is 1. The summed E-state index contributed by atoms with van der Waals surface area (Å²) >= 11 is 7.38. The van der Waals surface area contributed by atoms with Gasteiger partial charge in [-0.05, 0) is 44.8 Å². The van der Waals surface area contributed by atoms with Crippen LogP contribution in [0.4, 0.5) is 0 Å². The highest BCUT2D eigenvalue weighted by Crippen LogP contribution is 2.28. The van der Waals surface area contributed by atoms with Gasteiger partial charge < -0.3 is 10.2 Å². The van der Waals surface area contributed by atoms with Crippen molar-refractivity contribution < 1.29 is 4.79 Å². The molecule has 1 N–H and O–H groups in total. The van der Waals surface area contributed by atoms with Crippen LogP contribution in [0, 0.1) is 0 Å². The third-order valence-electron chi connectivity index (χ3n) is 3.58. The fraction of sp³-hybridized carbons (Fsp3) is 0.375. The van der Waals surface area contributed by atoms with Gasteiger partial charge >= 0.3 is 0 Å². The molecular formula is C16H20ClN3OS. The van der Waals surface area contributed by atoms with Gasteiger partial charge in [-0.15, -0.1) is 11.3 Å². The average Bonchev–Trinajstić information content (AvgIpc) is 2.93. The van der Waals surface area contributed by atoms with Gasteiger partial charge in [0.05, 0.1) is 16.3 Å². The van der Waals surface area contributed by atoms with E-state index < -0.39 is 0 Å². The predicted octanol–water partition coefficient (Wildman–Crippen LogP) is 3.32. The van der Waals surface area contributed by atoms with E-state index in [4.69, 9.17) is 11.6 Å². The molecule has 0 spiro atoms. The van der Waals surface area contributed by atoms with Gasteiger partial charge in [-0.25, -0.2) is 0 Å². The number of aromatic nitrogens is 1. The molecule has 0 aliphatic carbocycles. The summed E-state index contributed by atoms with van der Waals surface area (Å²) in [4.78, 5) is 19.5. The van der Waals surface area contributed by atoms with Crippen LogP contribution in [0.25, 0.3) is 0 Å². The van der Waals surface area contributed by atoms with Gasteiger partial charge in [0, 0.05) is 23.8 Å². The summed E-state index contributed by atoms with van der Waals surface area (Å²) in [5.74, 6) is -0.191. The first-order valence-corrected chi connectivity index (χ1v) is 8.27. The predicted molar refractivity (Wildman–Crippen MR) is 91.4 cm³/mol. The number of hydrogen-bond donors (Lipinski definition) is 1. The molecule has 118 valence electrons. The van der Waals surface area contributed by atoms with E-state index in [-0.39, 0.29) is 17.9 Å². The number of likely N-dealkylation sites (N-methyl/N-ethyl adjacent to an activating group) is 1. The van der Waals surface area contributed by atoms with E-state index in [0.717, 1.165) is 10.4 Å². The zero-order valence-electron chi connectivity index (χ0n) is 12.9. The van der Waals surface area contributed by atoms with Crippen LogP contribution >= 0.6 is 22.9 Å². The van der Waals surface area contributed by atoms with Crippen LogP contribution < -0.4 is 5.32 Å². The van der Waals surface area contributed by atoms with Gasteiger partial charge in [-0.3, -0.25) is 9.78 Å². The minimum Gasteiger partial charge on any atom is -0.354 e. The molecule has 6 heteroatoms. The maximum Gasteiger partial charge on any atom is 0.228 e. The summed E-state index contributed by atoms with van der Waals surface area (Å²) in [6, 6.07) is 7.75. The summed E-state index contributed by atoms with van der Waals surface area (Å²) in [5, 5.41) is 3.03. The Balaban J connectivity index is 1.99. The van der Waals surface area contributed by atoms with Crippen LogP contribution in [0.2, 0.25) is 4.34 Å². The Labute approximate surface area is 140 Å². The number of pyridine rings is 1. The number of halogens is 1. The summed E-state index contributed by atoms with van der Waals surface area (Å²) < 4.78 is 0.705. The van der Waals surface area contributed by atoms with E-state index in [1.807, 2.05) is 51.5 Å². The van der Waals surface area contributed by atoms with Crippen LogP contribution in [-0.4, -0.2) is 36.4 Å². The van der Waals surface area contributed by atoms with E-state index in [0.29, 0.717) is 10.9 Å². The van der Waals surface area contributed by atoms with Crippen molar-refractivity contribution in [2.75, 3.05) is 20.6 Å². The zero-order valence-corrected chi connectivity index (χ0v) is 14.5. The molecule has 0 bridgehead atoms. The number of hydrogen-bond acceptors (Lipinski definition) is 4. The molecule has 2 aromatic rings. The first kappa shape index (κ1) is 16.9. The highest BCUT2D eigenvalue weighted by Gasteiger charge is 2.20. The normalized spacial score (nSPS) is 13.9. The molecule has 22 heavy (non-hydrogen) atoms. The quantitative estimate of drug-likeness (QED) is 0.879. The van der Waals surface area contributed by atoms with E-state index in [1.54, 1.807) is 6.20 Å². The summed E-state index contributed by atoms with van der Waals surface area (Å²) in [6.45, 7) is 2.44. The van der Waals surface area contributed by atoms with Crippen molar-refractivity contribution in [3.63, 3.8) is 0 Å². The number of nitrogens with zero attached hydrogens (tertiary/aromatic N) is 2. The SMILES string of the molecule is C[C@H](C(=O)NC[C@@H](c1cccnc1)N(C)C)c1ccc(Cl)s1. The maximum atomic E-state index is 12.3. The fourth-order valence-electron chi connectivity index (χ4n) is 2.21.